The Morgan fingerprint density at radius 1 is 1.03 bits per heavy atom. The van der Waals surface area contributed by atoms with Crippen molar-refractivity contribution in [2.45, 2.75) is 32.7 Å². The summed E-state index contributed by atoms with van der Waals surface area (Å²) in [7, 11) is 0. The third-order valence-corrected chi connectivity index (χ3v) is 5.59. The molecule has 0 amide bonds. The number of hydrogen-bond donors (Lipinski definition) is 3. The molecule has 1 atom stereocenters. The molecule has 36 heavy (non-hydrogen) atoms. The number of hydrogen-bond acceptors (Lipinski definition) is 5. The van der Waals surface area contributed by atoms with Crippen LogP contribution in [0.25, 0.3) is 5.69 Å². The minimum Gasteiger partial charge on any atom is -0.480 e. The number of rotatable bonds is 10. The molecule has 0 aliphatic carbocycles. The number of benzene rings is 2. The van der Waals surface area contributed by atoms with Gasteiger partial charge in [-0.2, -0.15) is 0 Å². The largest absolute Gasteiger partial charge is 0.480 e. The molecule has 0 aliphatic heterocycles. The number of aromatic nitrogens is 1. The Hall–Kier alpha value is -3.92. The van der Waals surface area contributed by atoms with Gasteiger partial charge in [0, 0.05) is 11.6 Å². The van der Waals surface area contributed by atoms with E-state index in [1.165, 1.54) is 12.1 Å². The standard InChI is InChI=1S/C26H26F3N3O4/c1-14(2)11-21(26(35)36)31-10-9-15-12-19(28)23(20(29)13-15)32-22(33)8-7-18(25(32)30)24(34)16-3-5-17(27)6-4-16/h3-8,12-14,21,31H,9-11,30H2,1-2H3,(H,35,36)/t21-/m0/s1. The first kappa shape index (κ1) is 26.7. The highest BCUT2D eigenvalue weighted by molar-refractivity contribution is 6.11. The van der Waals surface area contributed by atoms with E-state index in [9.17, 15) is 23.9 Å². The zero-order valence-electron chi connectivity index (χ0n) is 19.7. The number of ketones is 1. The van der Waals surface area contributed by atoms with E-state index in [2.05, 4.69) is 5.32 Å². The number of nitrogens with one attached hydrogen (secondary N) is 1. The Labute approximate surface area is 205 Å². The van der Waals surface area contributed by atoms with Crippen molar-refractivity contribution in [3.63, 3.8) is 0 Å². The van der Waals surface area contributed by atoms with Crippen molar-refractivity contribution in [1.82, 2.24) is 9.88 Å². The van der Waals surface area contributed by atoms with E-state index in [-0.39, 0.29) is 35.6 Å². The molecule has 0 spiro atoms. The van der Waals surface area contributed by atoms with Gasteiger partial charge in [0.1, 0.15) is 23.4 Å². The SMILES string of the molecule is CC(C)C[C@H](NCCc1cc(F)c(-n2c(N)c(C(=O)c3ccc(F)cc3)ccc2=O)c(F)c1)C(=O)O. The summed E-state index contributed by atoms with van der Waals surface area (Å²) in [4.78, 5) is 36.7. The number of carboxylic acids is 1. The minimum atomic E-state index is -1.08. The summed E-state index contributed by atoms with van der Waals surface area (Å²) in [6.45, 7) is 3.93. The van der Waals surface area contributed by atoms with Crippen molar-refractivity contribution in [3.05, 3.63) is 93.0 Å². The maximum Gasteiger partial charge on any atom is 0.320 e. The molecule has 1 heterocycles. The number of nitrogens with two attached hydrogens (primary N) is 1. The van der Waals surface area contributed by atoms with Crippen molar-refractivity contribution in [2.75, 3.05) is 12.3 Å². The highest BCUT2D eigenvalue weighted by Gasteiger charge is 2.22. The predicted octanol–water partition coefficient (Wildman–Crippen LogP) is 3.70. The molecule has 0 fully saturated rings. The summed E-state index contributed by atoms with van der Waals surface area (Å²) in [6, 6.07) is 7.98. The van der Waals surface area contributed by atoms with Gasteiger partial charge in [-0.1, -0.05) is 13.8 Å². The number of pyridine rings is 1. The number of halogens is 3. The highest BCUT2D eigenvalue weighted by Crippen LogP contribution is 2.24. The summed E-state index contributed by atoms with van der Waals surface area (Å²) in [5, 5.41) is 12.2. The van der Waals surface area contributed by atoms with Gasteiger partial charge in [0.15, 0.2) is 17.4 Å². The van der Waals surface area contributed by atoms with Crippen LogP contribution in [0.5, 0.6) is 0 Å². The fourth-order valence-electron chi connectivity index (χ4n) is 3.84. The molecule has 2 aromatic carbocycles. The Bertz CT molecular complexity index is 1310. The number of carbonyl (C=O) groups is 2. The van der Waals surface area contributed by atoms with Gasteiger partial charge in [-0.25, -0.2) is 13.2 Å². The second kappa shape index (κ2) is 11.2. The smallest absolute Gasteiger partial charge is 0.320 e. The van der Waals surface area contributed by atoms with Crippen LogP contribution in [0.1, 0.15) is 41.8 Å². The van der Waals surface area contributed by atoms with E-state index in [1.54, 1.807) is 0 Å². The van der Waals surface area contributed by atoms with E-state index >= 15 is 8.78 Å². The Morgan fingerprint density at radius 3 is 2.19 bits per heavy atom. The van der Waals surface area contributed by atoms with E-state index in [0.717, 1.165) is 36.4 Å². The van der Waals surface area contributed by atoms with Crippen LogP contribution in [0.2, 0.25) is 0 Å². The molecule has 3 aromatic rings. The summed E-state index contributed by atoms with van der Waals surface area (Å²) in [5.41, 5.74) is 4.55. The predicted molar refractivity (Wildman–Crippen MR) is 129 cm³/mol. The average molecular weight is 502 g/mol. The summed E-state index contributed by atoms with van der Waals surface area (Å²) < 4.78 is 43.9. The number of carboxylic acid groups (broad SMARTS) is 1. The number of nitrogens with zero attached hydrogens (tertiary/aromatic N) is 1. The van der Waals surface area contributed by atoms with E-state index in [0.29, 0.717) is 11.0 Å². The second-order valence-electron chi connectivity index (χ2n) is 8.77. The molecule has 1 aromatic heterocycles. The van der Waals surface area contributed by atoms with Crippen molar-refractivity contribution in [2.24, 2.45) is 5.92 Å². The normalized spacial score (nSPS) is 12.1. The molecule has 10 heteroatoms. The van der Waals surface area contributed by atoms with Crippen LogP contribution in [0.3, 0.4) is 0 Å². The summed E-state index contributed by atoms with van der Waals surface area (Å²) >= 11 is 0. The lowest BCUT2D eigenvalue weighted by Gasteiger charge is -2.17. The molecular formula is C26H26F3N3O4. The zero-order chi connectivity index (χ0) is 26.6. The average Bonchev–Trinajstić information content (AvgIpc) is 2.80. The van der Waals surface area contributed by atoms with Crippen molar-refractivity contribution in [1.29, 1.82) is 0 Å². The lowest BCUT2D eigenvalue weighted by atomic mass is 10.0. The third-order valence-electron chi connectivity index (χ3n) is 5.59. The lowest BCUT2D eigenvalue weighted by Crippen LogP contribution is -2.38. The van der Waals surface area contributed by atoms with Crippen LogP contribution in [-0.4, -0.2) is 34.0 Å². The van der Waals surface area contributed by atoms with Gasteiger partial charge in [-0.05, 0) is 73.3 Å². The molecule has 0 aliphatic rings. The molecule has 0 bridgehead atoms. The third kappa shape index (κ3) is 6.01. The Kier molecular flexibility index (Phi) is 8.31. The van der Waals surface area contributed by atoms with Crippen LogP contribution in [0.15, 0.2) is 53.3 Å². The molecule has 3 rings (SSSR count). The van der Waals surface area contributed by atoms with Crippen LogP contribution < -0.4 is 16.6 Å². The van der Waals surface area contributed by atoms with E-state index < -0.39 is 52.3 Å². The first-order valence-electron chi connectivity index (χ1n) is 11.3. The Balaban J connectivity index is 1.90. The van der Waals surface area contributed by atoms with E-state index in [4.69, 9.17) is 5.73 Å². The molecule has 4 N–H and O–H groups in total. The first-order valence-corrected chi connectivity index (χ1v) is 11.3. The Morgan fingerprint density at radius 2 is 1.64 bits per heavy atom. The van der Waals surface area contributed by atoms with Gasteiger partial charge in [-0.15, -0.1) is 0 Å². The first-order chi connectivity index (χ1) is 17.0. The molecule has 0 saturated heterocycles. The van der Waals surface area contributed by atoms with Gasteiger partial charge >= 0.3 is 5.97 Å². The summed E-state index contributed by atoms with van der Waals surface area (Å²) in [6.07, 6.45) is 0.523. The number of nitrogen functional groups attached to an aromatic ring is 1. The molecule has 190 valence electrons. The fraction of sp³-hybridized carbons (Fsp3) is 0.269. The molecule has 0 saturated carbocycles. The van der Waals surface area contributed by atoms with Crippen LogP contribution >= 0.6 is 0 Å². The van der Waals surface area contributed by atoms with Crippen LogP contribution in [0.4, 0.5) is 19.0 Å². The number of anilines is 1. The monoisotopic (exact) mass is 501 g/mol. The number of carbonyl (C=O) groups excluding carboxylic acids is 1. The number of aliphatic carboxylic acids is 1. The van der Waals surface area contributed by atoms with Crippen LogP contribution in [-0.2, 0) is 11.2 Å². The van der Waals surface area contributed by atoms with Gasteiger partial charge in [-0.3, -0.25) is 19.0 Å². The second-order valence-corrected chi connectivity index (χ2v) is 8.77. The maximum atomic E-state index is 15.0. The fourth-order valence-corrected chi connectivity index (χ4v) is 3.84. The maximum absolute atomic E-state index is 15.0. The molecule has 7 nitrogen and oxygen atoms in total. The van der Waals surface area contributed by atoms with Gasteiger partial charge < -0.3 is 16.2 Å². The molecule has 0 unspecified atom stereocenters. The van der Waals surface area contributed by atoms with Gasteiger partial charge in [0.2, 0.25) is 0 Å². The van der Waals surface area contributed by atoms with Crippen molar-refractivity contribution in [3.8, 4) is 5.69 Å². The van der Waals surface area contributed by atoms with Gasteiger partial charge in [0.25, 0.3) is 5.56 Å². The van der Waals surface area contributed by atoms with Gasteiger partial charge in [0.05, 0.1) is 5.56 Å². The lowest BCUT2D eigenvalue weighted by molar-refractivity contribution is -0.139. The van der Waals surface area contributed by atoms with E-state index in [1.807, 2.05) is 13.8 Å². The minimum absolute atomic E-state index is 0.0780. The quantitative estimate of drug-likeness (QED) is 0.365. The van der Waals surface area contributed by atoms with Crippen molar-refractivity contribution < 1.29 is 27.9 Å². The molecule has 0 radical (unpaired) electrons. The van der Waals surface area contributed by atoms with Crippen molar-refractivity contribution >= 4 is 17.6 Å². The topological polar surface area (TPSA) is 114 Å². The molecular weight excluding hydrogens is 475 g/mol. The van der Waals surface area contributed by atoms with Crippen LogP contribution in [0, 0.1) is 23.4 Å². The zero-order valence-corrected chi connectivity index (χ0v) is 19.7. The summed E-state index contributed by atoms with van der Waals surface area (Å²) in [5.74, 6) is -4.71. The highest BCUT2D eigenvalue weighted by atomic mass is 19.1.